The fourth-order valence-corrected chi connectivity index (χ4v) is 3.93. The molecule has 3 rings (SSSR count). The Morgan fingerprint density at radius 2 is 2.14 bits per heavy atom. The van der Waals surface area contributed by atoms with Crippen LogP contribution in [-0.2, 0) is 4.74 Å². The highest BCUT2D eigenvalue weighted by molar-refractivity contribution is 9.10. The number of halogens is 1. The molecule has 116 valence electrons. The van der Waals surface area contributed by atoms with Crippen molar-refractivity contribution in [3.8, 4) is 5.75 Å². The SMILES string of the molecule is C[C@@H](N)c1ccc(Br)cc1OCC1CCC2(CCCC2)O1. The summed E-state index contributed by atoms with van der Waals surface area (Å²) in [6.07, 6.45) is 7.61. The fourth-order valence-electron chi connectivity index (χ4n) is 3.59. The summed E-state index contributed by atoms with van der Waals surface area (Å²) in [7, 11) is 0. The molecular formula is C17H24BrNO2. The molecule has 0 aromatic heterocycles. The van der Waals surface area contributed by atoms with Crippen LogP contribution >= 0.6 is 15.9 Å². The fraction of sp³-hybridized carbons (Fsp3) is 0.647. The first-order chi connectivity index (χ1) is 10.1. The minimum absolute atomic E-state index is 0.0289. The summed E-state index contributed by atoms with van der Waals surface area (Å²) >= 11 is 3.50. The number of nitrogens with two attached hydrogens (primary N) is 1. The van der Waals surface area contributed by atoms with Gasteiger partial charge in [0.25, 0.3) is 0 Å². The average Bonchev–Trinajstić information content (AvgIpc) is 3.07. The maximum absolute atomic E-state index is 6.29. The van der Waals surface area contributed by atoms with Crippen molar-refractivity contribution in [2.45, 2.75) is 63.2 Å². The molecule has 1 aromatic carbocycles. The van der Waals surface area contributed by atoms with Crippen molar-refractivity contribution in [2.75, 3.05) is 6.61 Å². The Morgan fingerprint density at radius 3 is 2.86 bits per heavy atom. The van der Waals surface area contributed by atoms with Crippen LogP contribution < -0.4 is 10.5 Å². The second kappa shape index (κ2) is 6.27. The van der Waals surface area contributed by atoms with E-state index in [1.165, 1.54) is 32.1 Å². The summed E-state index contributed by atoms with van der Waals surface area (Å²) in [5, 5.41) is 0. The second-order valence-electron chi connectivity index (χ2n) is 6.45. The molecule has 2 atom stereocenters. The molecule has 1 aliphatic carbocycles. The highest BCUT2D eigenvalue weighted by Gasteiger charge is 2.42. The highest BCUT2D eigenvalue weighted by atomic mass is 79.9. The van der Waals surface area contributed by atoms with Gasteiger partial charge in [-0.3, -0.25) is 0 Å². The molecule has 1 saturated carbocycles. The summed E-state index contributed by atoms with van der Waals surface area (Å²) in [5.74, 6) is 0.871. The first-order valence-electron chi connectivity index (χ1n) is 7.94. The zero-order chi connectivity index (χ0) is 14.9. The highest BCUT2D eigenvalue weighted by Crippen LogP contribution is 2.43. The lowest BCUT2D eigenvalue weighted by molar-refractivity contribution is -0.0510. The summed E-state index contributed by atoms with van der Waals surface area (Å²) < 4.78 is 13.3. The van der Waals surface area contributed by atoms with Crippen LogP contribution in [0.15, 0.2) is 22.7 Å². The Morgan fingerprint density at radius 1 is 1.38 bits per heavy atom. The summed E-state index contributed by atoms with van der Waals surface area (Å²) in [6.45, 7) is 2.60. The monoisotopic (exact) mass is 353 g/mol. The number of rotatable bonds is 4. The third-order valence-electron chi connectivity index (χ3n) is 4.74. The molecule has 1 heterocycles. The van der Waals surface area contributed by atoms with Crippen molar-refractivity contribution in [3.63, 3.8) is 0 Å². The Bertz CT molecular complexity index is 498. The molecule has 2 fully saturated rings. The topological polar surface area (TPSA) is 44.5 Å². The van der Waals surface area contributed by atoms with Crippen LogP contribution in [0.4, 0.5) is 0 Å². The first-order valence-corrected chi connectivity index (χ1v) is 8.73. The Labute approximate surface area is 135 Å². The molecule has 0 amide bonds. The van der Waals surface area contributed by atoms with Gasteiger partial charge >= 0.3 is 0 Å². The molecule has 3 nitrogen and oxygen atoms in total. The van der Waals surface area contributed by atoms with Gasteiger partial charge in [-0.2, -0.15) is 0 Å². The van der Waals surface area contributed by atoms with E-state index in [0.29, 0.717) is 6.61 Å². The van der Waals surface area contributed by atoms with E-state index in [1.807, 2.05) is 25.1 Å². The molecule has 1 saturated heterocycles. The normalized spacial score (nSPS) is 25.4. The molecule has 4 heteroatoms. The zero-order valence-electron chi connectivity index (χ0n) is 12.6. The van der Waals surface area contributed by atoms with Gasteiger partial charge in [0, 0.05) is 16.1 Å². The van der Waals surface area contributed by atoms with E-state index in [0.717, 1.165) is 22.2 Å². The van der Waals surface area contributed by atoms with E-state index >= 15 is 0 Å². The molecule has 0 bridgehead atoms. The number of ether oxygens (including phenoxy) is 2. The maximum Gasteiger partial charge on any atom is 0.125 e. The third kappa shape index (κ3) is 3.43. The third-order valence-corrected chi connectivity index (χ3v) is 5.24. The van der Waals surface area contributed by atoms with Crippen LogP contribution in [0.5, 0.6) is 5.75 Å². The van der Waals surface area contributed by atoms with Gasteiger partial charge in [0.2, 0.25) is 0 Å². The Hall–Kier alpha value is -0.580. The van der Waals surface area contributed by atoms with Gasteiger partial charge in [-0.1, -0.05) is 34.8 Å². The molecule has 1 unspecified atom stereocenters. The average molecular weight is 354 g/mol. The lowest BCUT2D eigenvalue weighted by Gasteiger charge is -2.24. The van der Waals surface area contributed by atoms with E-state index in [2.05, 4.69) is 15.9 Å². The van der Waals surface area contributed by atoms with Crippen molar-refractivity contribution < 1.29 is 9.47 Å². The summed E-state index contributed by atoms with van der Waals surface area (Å²) in [4.78, 5) is 0. The molecule has 0 radical (unpaired) electrons. The molecule has 1 aromatic rings. The standard InChI is InChI=1S/C17H24BrNO2/c1-12(19)15-5-4-13(18)10-16(15)20-11-14-6-9-17(21-14)7-2-3-8-17/h4-5,10,12,14H,2-3,6-9,11,19H2,1H3/t12-,14?/m1/s1. The summed E-state index contributed by atoms with van der Waals surface area (Å²) in [5.41, 5.74) is 7.24. The number of hydrogen-bond donors (Lipinski definition) is 1. The lowest BCUT2D eigenvalue weighted by Crippen LogP contribution is -2.27. The van der Waals surface area contributed by atoms with Crippen LogP contribution in [0.1, 0.15) is 57.1 Å². The van der Waals surface area contributed by atoms with Crippen LogP contribution in [0, 0.1) is 0 Å². The van der Waals surface area contributed by atoms with Gasteiger partial charge in [-0.15, -0.1) is 0 Å². The van der Waals surface area contributed by atoms with Gasteiger partial charge in [0.1, 0.15) is 12.4 Å². The first kappa shape index (κ1) is 15.3. The predicted octanol–water partition coefficient (Wildman–Crippen LogP) is 4.34. The Balaban J connectivity index is 1.62. The van der Waals surface area contributed by atoms with Crippen LogP contribution in [-0.4, -0.2) is 18.3 Å². The predicted molar refractivity (Wildman–Crippen MR) is 87.5 cm³/mol. The van der Waals surface area contributed by atoms with E-state index in [1.54, 1.807) is 0 Å². The molecular weight excluding hydrogens is 330 g/mol. The molecule has 2 N–H and O–H groups in total. The minimum atomic E-state index is -0.0289. The van der Waals surface area contributed by atoms with E-state index in [4.69, 9.17) is 15.2 Å². The van der Waals surface area contributed by atoms with E-state index in [9.17, 15) is 0 Å². The smallest absolute Gasteiger partial charge is 0.125 e. The molecule has 1 spiro atoms. The number of benzene rings is 1. The van der Waals surface area contributed by atoms with E-state index < -0.39 is 0 Å². The quantitative estimate of drug-likeness (QED) is 0.875. The molecule has 2 aliphatic rings. The zero-order valence-corrected chi connectivity index (χ0v) is 14.2. The van der Waals surface area contributed by atoms with Crippen LogP contribution in [0.3, 0.4) is 0 Å². The van der Waals surface area contributed by atoms with Crippen molar-refractivity contribution in [1.29, 1.82) is 0 Å². The largest absolute Gasteiger partial charge is 0.490 e. The van der Waals surface area contributed by atoms with Crippen molar-refractivity contribution >= 4 is 15.9 Å². The lowest BCUT2D eigenvalue weighted by atomic mass is 9.98. The van der Waals surface area contributed by atoms with Gasteiger partial charge in [0.05, 0.1) is 11.7 Å². The van der Waals surface area contributed by atoms with Gasteiger partial charge in [-0.25, -0.2) is 0 Å². The maximum atomic E-state index is 6.29. The minimum Gasteiger partial charge on any atom is -0.490 e. The molecule has 1 aliphatic heterocycles. The number of hydrogen-bond acceptors (Lipinski definition) is 3. The van der Waals surface area contributed by atoms with Crippen molar-refractivity contribution in [1.82, 2.24) is 0 Å². The summed E-state index contributed by atoms with van der Waals surface area (Å²) in [6, 6.07) is 6.00. The van der Waals surface area contributed by atoms with Gasteiger partial charge < -0.3 is 15.2 Å². The van der Waals surface area contributed by atoms with Crippen molar-refractivity contribution in [3.05, 3.63) is 28.2 Å². The van der Waals surface area contributed by atoms with Gasteiger partial charge in [-0.05, 0) is 44.7 Å². The molecule has 21 heavy (non-hydrogen) atoms. The van der Waals surface area contributed by atoms with E-state index in [-0.39, 0.29) is 17.7 Å². The Kier molecular flexibility index (Phi) is 4.57. The van der Waals surface area contributed by atoms with Gasteiger partial charge in [0.15, 0.2) is 0 Å². The second-order valence-corrected chi connectivity index (χ2v) is 7.37. The van der Waals surface area contributed by atoms with Crippen LogP contribution in [0.25, 0.3) is 0 Å². The van der Waals surface area contributed by atoms with Crippen molar-refractivity contribution in [2.24, 2.45) is 5.73 Å². The van der Waals surface area contributed by atoms with Crippen LogP contribution in [0.2, 0.25) is 0 Å².